The molecule has 0 atom stereocenters. The molecule has 116 valence electrons. The summed E-state index contributed by atoms with van der Waals surface area (Å²) >= 11 is 0. The SMILES string of the molecule is Cc1cc(N2CCN(C(=O)NCc3ccccc3)CC2)no1. The summed E-state index contributed by atoms with van der Waals surface area (Å²) in [7, 11) is 0. The molecule has 2 aromatic rings. The van der Waals surface area contributed by atoms with Crippen molar-refractivity contribution in [1.82, 2.24) is 15.4 Å². The molecule has 0 aliphatic carbocycles. The van der Waals surface area contributed by atoms with Crippen molar-refractivity contribution in [3.63, 3.8) is 0 Å². The lowest BCUT2D eigenvalue weighted by atomic mass is 10.2. The molecule has 0 bridgehead atoms. The van der Waals surface area contributed by atoms with Gasteiger partial charge in [-0.25, -0.2) is 4.79 Å². The Morgan fingerprint density at radius 3 is 2.59 bits per heavy atom. The number of aromatic nitrogens is 1. The molecule has 0 spiro atoms. The number of carbonyl (C=O) groups is 1. The van der Waals surface area contributed by atoms with Crippen LogP contribution >= 0.6 is 0 Å². The third-order valence-electron chi connectivity index (χ3n) is 3.79. The maximum Gasteiger partial charge on any atom is 0.317 e. The van der Waals surface area contributed by atoms with E-state index in [-0.39, 0.29) is 6.03 Å². The molecule has 2 amide bonds. The second-order valence-corrected chi connectivity index (χ2v) is 5.41. The number of urea groups is 1. The maximum absolute atomic E-state index is 12.2. The van der Waals surface area contributed by atoms with Crippen molar-refractivity contribution >= 4 is 11.8 Å². The van der Waals surface area contributed by atoms with Gasteiger partial charge in [0.2, 0.25) is 0 Å². The van der Waals surface area contributed by atoms with E-state index < -0.39 is 0 Å². The number of benzene rings is 1. The molecule has 6 heteroatoms. The van der Waals surface area contributed by atoms with Gasteiger partial charge in [-0.3, -0.25) is 0 Å². The first-order chi connectivity index (χ1) is 10.7. The van der Waals surface area contributed by atoms with Gasteiger partial charge in [-0.15, -0.1) is 0 Å². The number of nitrogens with one attached hydrogen (secondary N) is 1. The van der Waals surface area contributed by atoms with Crippen molar-refractivity contribution in [3.05, 3.63) is 47.7 Å². The molecule has 6 nitrogen and oxygen atoms in total. The predicted molar refractivity (Wildman–Crippen MR) is 83.7 cm³/mol. The summed E-state index contributed by atoms with van der Waals surface area (Å²) in [6, 6.07) is 11.8. The van der Waals surface area contributed by atoms with Crippen molar-refractivity contribution in [2.75, 3.05) is 31.1 Å². The number of amides is 2. The zero-order chi connectivity index (χ0) is 15.4. The Bertz CT molecular complexity index is 618. The Balaban J connectivity index is 1.47. The minimum atomic E-state index is -0.0140. The van der Waals surface area contributed by atoms with E-state index >= 15 is 0 Å². The first-order valence-corrected chi connectivity index (χ1v) is 7.47. The van der Waals surface area contributed by atoms with Crippen molar-refractivity contribution in [1.29, 1.82) is 0 Å². The molecule has 2 heterocycles. The molecule has 0 saturated carbocycles. The zero-order valence-electron chi connectivity index (χ0n) is 12.7. The maximum atomic E-state index is 12.2. The van der Waals surface area contributed by atoms with E-state index in [1.165, 1.54) is 0 Å². The van der Waals surface area contributed by atoms with Gasteiger partial charge in [-0.2, -0.15) is 0 Å². The number of anilines is 1. The molecular weight excluding hydrogens is 280 g/mol. The topological polar surface area (TPSA) is 61.6 Å². The van der Waals surface area contributed by atoms with E-state index in [0.717, 1.165) is 30.2 Å². The lowest BCUT2D eigenvalue weighted by Gasteiger charge is -2.34. The van der Waals surface area contributed by atoms with Crippen LogP contribution in [0.15, 0.2) is 40.9 Å². The van der Waals surface area contributed by atoms with Gasteiger partial charge in [0.25, 0.3) is 0 Å². The second kappa shape index (κ2) is 6.51. The van der Waals surface area contributed by atoms with E-state index in [1.54, 1.807) is 0 Å². The van der Waals surface area contributed by atoms with Crippen LogP contribution in [-0.2, 0) is 6.54 Å². The van der Waals surface area contributed by atoms with Gasteiger partial charge >= 0.3 is 6.03 Å². The zero-order valence-corrected chi connectivity index (χ0v) is 12.7. The molecule has 22 heavy (non-hydrogen) atoms. The lowest BCUT2D eigenvalue weighted by molar-refractivity contribution is 0.193. The summed E-state index contributed by atoms with van der Waals surface area (Å²) in [5.74, 6) is 1.65. The van der Waals surface area contributed by atoms with Gasteiger partial charge in [0, 0.05) is 38.8 Å². The van der Waals surface area contributed by atoms with Crippen molar-refractivity contribution < 1.29 is 9.32 Å². The van der Waals surface area contributed by atoms with Crippen LogP contribution in [0.2, 0.25) is 0 Å². The van der Waals surface area contributed by atoms with Gasteiger partial charge < -0.3 is 19.6 Å². The highest BCUT2D eigenvalue weighted by Gasteiger charge is 2.22. The monoisotopic (exact) mass is 300 g/mol. The Morgan fingerprint density at radius 2 is 1.95 bits per heavy atom. The average Bonchev–Trinajstić information content (AvgIpc) is 3.00. The van der Waals surface area contributed by atoms with E-state index in [9.17, 15) is 4.79 Å². The van der Waals surface area contributed by atoms with Gasteiger partial charge in [-0.1, -0.05) is 35.5 Å². The number of rotatable bonds is 3. The van der Waals surface area contributed by atoms with Crippen molar-refractivity contribution in [3.8, 4) is 0 Å². The van der Waals surface area contributed by atoms with E-state index in [0.29, 0.717) is 19.6 Å². The molecule has 1 N–H and O–H groups in total. The molecule has 1 aromatic heterocycles. The molecule has 0 radical (unpaired) electrons. The van der Waals surface area contributed by atoms with Crippen LogP contribution in [0.3, 0.4) is 0 Å². The van der Waals surface area contributed by atoms with Crippen LogP contribution in [0.25, 0.3) is 0 Å². The number of hydrogen-bond donors (Lipinski definition) is 1. The average molecular weight is 300 g/mol. The molecule has 1 aliphatic heterocycles. The lowest BCUT2D eigenvalue weighted by Crippen LogP contribution is -2.51. The van der Waals surface area contributed by atoms with Crippen molar-refractivity contribution in [2.45, 2.75) is 13.5 Å². The summed E-state index contributed by atoms with van der Waals surface area (Å²) < 4.78 is 5.10. The summed E-state index contributed by atoms with van der Waals surface area (Å²) in [5.41, 5.74) is 1.10. The summed E-state index contributed by atoms with van der Waals surface area (Å²) in [6.07, 6.45) is 0. The van der Waals surface area contributed by atoms with Crippen LogP contribution in [-0.4, -0.2) is 42.3 Å². The highest BCUT2D eigenvalue weighted by atomic mass is 16.5. The molecular formula is C16H20N4O2. The Kier molecular flexibility index (Phi) is 4.27. The fourth-order valence-electron chi connectivity index (χ4n) is 2.53. The first-order valence-electron chi connectivity index (χ1n) is 7.47. The number of piperazine rings is 1. The minimum Gasteiger partial charge on any atom is -0.360 e. The number of aryl methyl sites for hydroxylation is 1. The fraction of sp³-hybridized carbons (Fsp3) is 0.375. The molecule has 1 fully saturated rings. The molecule has 1 saturated heterocycles. The van der Waals surface area contributed by atoms with Gasteiger partial charge in [0.1, 0.15) is 5.76 Å². The Morgan fingerprint density at radius 1 is 1.23 bits per heavy atom. The number of carbonyl (C=O) groups excluding carboxylic acids is 1. The molecule has 0 unspecified atom stereocenters. The highest BCUT2D eigenvalue weighted by Crippen LogP contribution is 2.15. The smallest absolute Gasteiger partial charge is 0.317 e. The fourth-order valence-corrected chi connectivity index (χ4v) is 2.53. The largest absolute Gasteiger partial charge is 0.360 e. The van der Waals surface area contributed by atoms with Crippen LogP contribution < -0.4 is 10.2 Å². The third-order valence-corrected chi connectivity index (χ3v) is 3.79. The first kappa shape index (κ1) is 14.4. The van der Waals surface area contributed by atoms with Crippen LogP contribution in [0, 0.1) is 6.92 Å². The standard InChI is InChI=1S/C16H20N4O2/c1-13-11-15(18-22-13)19-7-9-20(10-8-19)16(21)17-12-14-5-3-2-4-6-14/h2-6,11H,7-10,12H2,1H3,(H,17,21). The van der Waals surface area contributed by atoms with E-state index in [4.69, 9.17) is 4.52 Å². The summed E-state index contributed by atoms with van der Waals surface area (Å²) in [4.78, 5) is 16.2. The Labute approximate surface area is 129 Å². The second-order valence-electron chi connectivity index (χ2n) is 5.41. The van der Waals surface area contributed by atoms with Crippen LogP contribution in [0.5, 0.6) is 0 Å². The van der Waals surface area contributed by atoms with Crippen LogP contribution in [0.1, 0.15) is 11.3 Å². The van der Waals surface area contributed by atoms with Crippen molar-refractivity contribution in [2.24, 2.45) is 0 Å². The minimum absolute atomic E-state index is 0.0140. The normalized spacial score (nSPS) is 15.0. The third kappa shape index (κ3) is 3.39. The van der Waals surface area contributed by atoms with Gasteiger partial charge in [-0.05, 0) is 12.5 Å². The molecule has 3 rings (SSSR count). The summed E-state index contributed by atoms with van der Waals surface area (Å²) in [5, 5.41) is 6.98. The van der Waals surface area contributed by atoms with E-state index in [1.807, 2.05) is 48.2 Å². The predicted octanol–water partition coefficient (Wildman–Crippen LogP) is 2.01. The van der Waals surface area contributed by atoms with Gasteiger partial charge in [0.05, 0.1) is 0 Å². The number of nitrogens with zero attached hydrogens (tertiary/aromatic N) is 3. The van der Waals surface area contributed by atoms with Gasteiger partial charge in [0.15, 0.2) is 5.82 Å². The number of hydrogen-bond acceptors (Lipinski definition) is 4. The Hall–Kier alpha value is -2.50. The molecule has 1 aromatic carbocycles. The summed E-state index contributed by atoms with van der Waals surface area (Å²) in [6.45, 7) is 5.35. The molecule has 1 aliphatic rings. The highest BCUT2D eigenvalue weighted by molar-refractivity contribution is 5.74. The van der Waals surface area contributed by atoms with E-state index in [2.05, 4.69) is 15.4 Å². The quantitative estimate of drug-likeness (QED) is 0.942. The van der Waals surface area contributed by atoms with Crippen LogP contribution in [0.4, 0.5) is 10.6 Å².